The van der Waals surface area contributed by atoms with Gasteiger partial charge in [0.1, 0.15) is 5.82 Å². The molecule has 0 bridgehead atoms. The molecule has 0 N–H and O–H groups in total. The van der Waals surface area contributed by atoms with Gasteiger partial charge in [-0.05, 0) is 30.9 Å². The topological polar surface area (TPSA) is 45.7 Å². The van der Waals surface area contributed by atoms with Gasteiger partial charge in [0.05, 0.1) is 18.8 Å². The number of halogens is 3. The van der Waals surface area contributed by atoms with Crippen molar-refractivity contribution in [3.8, 4) is 0 Å². The molecule has 0 radical (unpaired) electrons. The molecule has 2 aliphatic heterocycles. The first-order valence-electron chi connectivity index (χ1n) is 8.58. The van der Waals surface area contributed by atoms with E-state index in [2.05, 4.69) is 4.98 Å². The molecule has 3 heterocycles. The Morgan fingerprint density at radius 2 is 1.88 bits per heavy atom. The van der Waals surface area contributed by atoms with Gasteiger partial charge in [-0.1, -0.05) is 0 Å². The summed E-state index contributed by atoms with van der Waals surface area (Å²) in [7, 11) is 0. The summed E-state index contributed by atoms with van der Waals surface area (Å²) >= 11 is 0. The van der Waals surface area contributed by atoms with Crippen LogP contribution in [-0.4, -0.2) is 55.2 Å². The molecule has 1 amide bonds. The maximum atomic E-state index is 13.1. The molecular formula is C17H22F3N3O2. The molecule has 0 aromatic carbocycles. The van der Waals surface area contributed by atoms with E-state index in [1.54, 1.807) is 4.90 Å². The number of carbonyl (C=O) groups is 1. The van der Waals surface area contributed by atoms with Crippen LogP contribution in [0.25, 0.3) is 0 Å². The largest absolute Gasteiger partial charge is 0.419 e. The van der Waals surface area contributed by atoms with E-state index in [0.29, 0.717) is 58.7 Å². The summed E-state index contributed by atoms with van der Waals surface area (Å²) < 4.78 is 44.6. The third-order valence-electron chi connectivity index (χ3n) is 4.83. The highest BCUT2D eigenvalue weighted by atomic mass is 19.4. The molecule has 0 saturated carbocycles. The van der Waals surface area contributed by atoms with Crippen LogP contribution in [0.15, 0.2) is 18.3 Å². The summed E-state index contributed by atoms with van der Waals surface area (Å²) in [6, 6.07) is 2.37. The number of rotatable bonds is 3. The van der Waals surface area contributed by atoms with Gasteiger partial charge in [-0.25, -0.2) is 4.98 Å². The van der Waals surface area contributed by atoms with Crippen LogP contribution in [0.4, 0.5) is 19.0 Å². The van der Waals surface area contributed by atoms with Crippen LogP contribution in [0.2, 0.25) is 0 Å². The van der Waals surface area contributed by atoms with Crippen molar-refractivity contribution in [2.75, 3.05) is 44.3 Å². The lowest BCUT2D eigenvalue weighted by molar-refractivity contribution is -0.137. The van der Waals surface area contributed by atoms with Gasteiger partial charge in [0.25, 0.3) is 0 Å². The first kappa shape index (κ1) is 18.0. The van der Waals surface area contributed by atoms with Crippen LogP contribution in [-0.2, 0) is 15.7 Å². The van der Waals surface area contributed by atoms with Crippen molar-refractivity contribution in [2.24, 2.45) is 5.92 Å². The maximum absolute atomic E-state index is 13.1. The Balaban J connectivity index is 1.56. The third kappa shape index (κ3) is 4.42. The van der Waals surface area contributed by atoms with E-state index in [1.807, 2.05) is 4.90 Å². The zero-order chi connectivity index (χ0) is 17.9. The average molecular weight is 357 g/mol. The minimum atomic E-state index is -4.41. The molecule has 5 nitrogen and oxygen atoms in total. The van der Waals surface area contributed by atoms with E-state index < -0.39 is 11.7 Å². The highest BCUT2D eigenvalue weighted by Gasteiger charge is 2.36. The summed E-state index contributed by atoms with van der Waals surface area (Å²) in [5.41, 5.74) is -0.696. The van der Waals surface area contributed by atoms with Crippen LogP contribution in [0, 0.1) is 5.92 Å². The summed E-state index contributed by atoms with van der Waals surface area (Å²) in [6.07, 6.45) is -1.17. The molecule has 138 valence electrons. The Hall–Kier alpha value is -1.83. The van der Waals surface area contributed by atoms with E-state index in [9.17, 15) is 18.0 Å². The van der Waals surface area contributed by atoms with Gasteiger partial charge < -0.3 is 14.5 Å². The van der Waals surface area contributed by atoms with Crippen molar-refractivity contribution < 1.29 is 22.7 Å². The number of hydrogen-bond donors (Lipinski definition) is 0. The highest BCUT2D eigenvalue weighted by molar-refractivity contribution is 5.76. The second-order valence-electron chi connectivity index (χ2n) is 6.50. The van der Waals surface area contributed by atoms with Gasteiger partial charge in [0.15, 0.2) is 0 Å². The number of ether oxygens (including phenoxy) is 1. The van der Waals surface area contributed by atoms with Crippen LogP contribution in [0.3, 0.4) is 0 Å². The van der Waals surface area contributed by atoms with Crippen LogP contribution in [0.5, 0.6) is 0 Å². The Morgan fingerprint density at radius 3 is 2.52 bits per heavy atom. The lowest BCUT2D eigenvalue weighted by atomic mass is 9.92. The Bertz CT molecular complexity index is 595. The van der Waals surface area contributed by atoms with Gasteiger partial charge in [-0.3, -0.25) is 4.79 Å². The molecule has 0 atom stereocenters. The molecule has 1 aromatic heterocycles. The number of aromatic nitrogens is 1. The number of anilines is 1. The normalized spacial score (nSPS) is 20.0. The quantitative estimate of drug-likeness (QED) is 0.834. The monoisotopic (exact) mass is 357 g/mol. The molecule has 1 aromatic rings. The molecule has 3 rings (SSSR count). The van der Waals surface area contributed by atoms with Crippen LogP contribution >= 0.6 is 0 Å². The number of pyridine rings is 1. The van der Waals surface area contributed by atoms with Gasteiger partial charge in [0, 0.05) is 38.8 Å². The SMILES string of the molecule is O=C(CC1CCN(c2ncccc2C(F)(F)F)CC1)N1CCOCC1. The molecule has 0 aliphatic carbocycles. The summed E-state index contributed by atoms with van der Waals surface area (Å²) in [5.74, 6) is 0.327. The zero-order valence-corrected chi connectivity index (χ0v) is 14.0. The Kier molecular flexibility index (Phi) is 5.46. The van der Waals surface area contributed by atoms with Gasteiger partial charge >= 0.3 is 6.18 Å². The molecule has 2 fully saturated rings. The number of morpholine rings is 1. The van der Waals surface area contributed by atoms with E-state index in [0.717, 1.165) is 6.07 Å². The minimum Gasteiger partial charge on any atom is -0.378 e. The van der Waals surface area contributed by atoms with E-state index in [-0.39, 0.29) is 17.6 Å². The molecule has 0 unspecified atom stereocenters. The Labute approximate surface area is 144 Å². The second kappa shape index (κ2) is 7.59. The fourth-order valence-electron chi connectivity index (χ4n) is 3.41. The lowest BCUT2D eigenvalue weighted by Gasteiger charge is -2.35. The van der Waals surface area contributed by atoms with Crippen molar-refractivity contribution in [3.63, 3.8) is 0 Å². The molecule has 2 aliphatic rings. The van der Waals surface area contributed by atoms with E-state index in [4.69, 9.17) is 4.74 Å². The summed E-state index contributed by atoms with van der Waals surface area (Å²) in [6.45, 7) is 3.37. The predicted octanol–water partition coefficient (Wildman–Crippen LogP) is 2.57. The standard InChI is InChI=1S/C17H22F3N3O2/c18-17(19,20)14-2-1-5-21-16(14)23-6-3-13(4-7-23)12-15(24)22-8-10-25-11-9-22/h1-2,5,13H,3-4,6-12H2. The van der Waals surface area contributed by atoms with Crippen molar-refractivity contribution in [1.82, 2.24) is 9.88 Å². The number of amides is 1. The van der Waals surface area contributed by atoms with Crippen LogP contribution in [0.1, 0.15) is 24.8 Å². The number of hydrogen-bond acceptors (Lipinski definition) is 4. The molecule has 25 heavy (non-hydrogen) atoms. The number of piperidine rings is 1. The number of alkyl halides is 3. The number of nitrogens with zero attached hydrogens (tertiary/aromatic N) is 3. The summed E-state index contributed by atoms with van der Waals surface area (Å²) in [4.78, 5) is 19.7. The molecule has 8 heteroatoms. The van der Waals surface area contributed by atoms with Crippen molar-refractivity contribution >= 4 is 11.7 Å². The first-order chi connectivity index (χ1) is 11.9. The number of carbonyl (C=O) groups excluding carboxylic acids is 1. The smallest absolute Gasteiger partial charge is 0.378 e. The zero-order valence-electron chi connectivity index (χ0n) is 14.0. The first-order valence-corrected chi connectivity index (χ1v) is 8.58. The third-order valence-corrected chi connectivity index (χ3v) is 4.83. The average Bonchev–Trinajstić information content (AvgIpc) is 2.62. The van der Waals surface area contributed by atoms with Gasteiger partial charge in [-0.15, -0.1) is 0 Å². The van der Waals surface area contributed by atoms with Crippen molar-refractivity contribution in [2.45, 2.75) is 25.4 Å². The summed E-state index contributed by atoms with van der Waals surface area (Å²) in [5, 5.41) is 0. The van der Waals surface area contributed by atoms with Crippen LogP contribution < -0.4 is 4.90 Å². The maximum Gasteiger partial charge on any atom is 0.419 e. The van der Waals surface area contributed by atoms with Gasteiger partial charge in [-0.2, -0.15) is 13.2 Å². The van der Waals surface area contributed by atoms with Crippen molar-refractivity contribution in [1.29, 1.82) is 0 Å². The highest BCUT2D eigenvalue weighted by Crippen LogP contribution is 2.36. The second-order valence-corrected chi connectivity index (χ2v) is 6.50. The fraction of sp³-hybridized carbons (Fsp3) is 0.647. The molecule has 2 saturated heterocycles. The molecular weight excluding hydrogens is 335 g/mol. The fourth-order valence-corrected chi connectivity index (χ4v) is 3.41. The van der Waals surface area contributed by atoms with Gasteiger partial charge in [0.2, 0.25) is 5.91 Å². The molecule has 0 spiro atoms. The van der Waals surface area contributed by atoms with E-state index >= 15 is 0 Å². The van der Waals surface area contributed by atoms with E-state index in [1.165, 1.54) is 12.3 Å². The van der Waals surface area contributed by atoms with Crippen molar-refractivity contribution in [3.05, 3.63) is 23.9 Å². The Morgan fingerprint density at radius 1 is 1.20 bits per heavy atom. The lowest BCUT2D eigenvalue weighted by Crippen LogP contribution is -2.42. The minimum absolute atomic E-state index is 0.00652. The predicted molar refractivity (Wildman–Crippen MR) is 86.2 cm³/mol.